The number of aliphatic hydroxyl groups is 1. The molecule has 3 unspecified atom stereocenters. The summed E-state index contributed by atoms with van der Waals surface area (Å²) in [6.45, 7) is -1.08. The maximum Gasteiger partial charge on any atom is 0.490 e. The number of alkyl halides is 2. The number of nitrogen functional groups attached to an aromatic ring is 1. The average molecular weight is 532 g/mol. The molecule has 184 valence electrons. The van der Waals surface area contributed by atoms with Crippen molar-refractivity contribution in [3.63, 3.8) is 0 Å². The van der Waals surface area contributed by atoms with Crippen molar-refractivity contribution >= 4 is 29.3 Å². The summed E-state index contributed by atoms with van der Waals surface area (Å²) in [4.78, 5) is 50.8. The van der Waals surface area contributed by atoms with Gasteiger partial charge in [-0.2, -0.15) is 23.4 Å². The van der Waals surface area contributed by atoms with Crippen LogP contribution in [0.25, 0.3) is 0 Å². The van der Waals surface area contributed by atoms with Crippen molar-refractivity contribution in [2.24, 2.45) is 0 Å². The molecule has 22 heteroatoms. The van der Waals surface area contributed by atoms with Gasteiger partial charge in [-0.25, -0.2) is 27.3 Å². The predicted octanol–water partition coefficient (Wildman–Crippen LogP) is -1.11. The molecule has 1 aromatic heterocycles. The highest BCUT2D eigenvalue weighted by atomic mass is 31.3. The summed E-state index contributed by atoms with van der Waals surface area (Å²) in [5.41, 5.74) is 0.614. The summed E-state index contributed by atoms with van der Waals surface area (Å²) in [6.07, 6.45) is -7.83. The SMILES string of the molecule is C[C@@H](OP(=O)(O)OP(=O)(O)OP(=O)(O)O)[C@H]1O[C@@H](n2ncc(N)nc2=O)C(F)(CF)[C@H]1O. The van der Waals surface area contributed by atoms with Crippen LogP contribution >= 0.6 is 23.5 Å². The molecule has 0 aliphatic carbocycles. The van der Waals surface area contributed by atoms with Crippen molar-refractivity contribution in [2.45, 2.75) is 37.1 Å². The van der Waals surface area contributed by atoms with Crippen LogP contribution in [0.4, 0.5) is 14.6 Å². The molecular formula is C10H17F2N4O13P3. The maximum atomic E-state index is 15.1. The second-order valence-electron chi connectivity index (χ2n) is 6.27. The molecule has 1 aliphatic heterocycles. The molecule has 1 aliphatic rings. The van der Waals surface area contributed by atoms with Crippen molar-refractivity contribution in [1.29, 1.82) is 0 Å². The van der Waals surface area contributed by atoms with Gasteiger partial charge in [0.2, 0.25) is 5.67 Å². The number of ether oxygens (including phenoxy) is 1. The standard InChI is InChI=1S/C10H17F2N4O13P3/c1-4(27-31(22,23)29-32(24,25)28-30(19,20)21)6-7(17)10(12,3-11)8(26-6)16-9(18)15-5(13)2-14-16/h2,4,6-8,17H,3H2,1H3,(H,22,23)(H,24,25)(H2,13,15,18)(H2,19,20,21)/t4-,6-,7+,8-,10?/m1/s1. The van der Waals surface area contributed by atoms with E-state index in [1.54, 1.807) is 0 Å². The molecule has 0 saturated carbocycles. The number of hydrogen-bond acceptors (Lipinski definition) is 12. The van der Waals surface area contributed by atoms with Gasteiger partial charge in [-0.1, -0.05) is 0 Å². The zero-order valence-corrected chi connectivity index (χ0v) is 18.3. The number of hydrogen-bond donors (Lipinski definition) is 6. The van der Waals surface area contributed by atoms with Crippen LogP contribution < -0.4 is 11.4 Å². The van der Waals surface area contributed by atoms with Gasteiger partial charge in [0, 0.05) is 0 Å². The highest BCUT2D eigenvalue weighted by Gasteiger charge is 2.61. The lowest BCUT2D eigenvalue weighted by atomic mass is 9.95. The van der Waals surface area contributed by atoms with Gasteiger partial charge in [-0.15, -0.1) is 0 Å². The highest BCUT2D eigenvalue weighted by Crippen LogP contribution is 2.66. The molecule has 1 saturated heterocycles. The van der Waals surface area contributed by atoms with Crippen LogP contribution in [0.5, 0.6) is 0 Å². The molecule has 0 aromatic carbocycles. The van der Waals surface area contributed by atoms with E-state index in [0.717, 1.165) is 13.1 Å². The van der Waals surface area contributed by atoms with Gasteiger partial charge in [-0.3, -0.25) is 4.52 Å². The van der Waals surface area contributed by atoms with Crippen molar-refractivity contribution in [2.75, 3.05) is 12.4 Å². The molecule has 1 fully saturated rings. The first kappa shape index (κ1) is 27.0. The lowest BCUT2D eigenvalue weighted by Crippen LogP contribution is -2.48. The van der Waals surface area contributed by atoms with Crippen LogP contribution in [0.15, 0.2) is 11.0 Å². The number of nitrogens with two attached hydrogens (primary N) is 1. The third-order valence-electron chi connectivity index (χ3n) is 3.84. The molecule has 32 heavy (non-hydrogen) atoms. The van der Waals surface area contributed by atoms with Crippen LogP contribution in [0, 0.1) is 0 Å². The fourth-order valence-corrected chi connectivity index (χ4v) is 5.82. The number of phosphoric acid groups is 3. The van der Waals surface area contributed by atoms with Gasteiger partial charge in [0.05, 0.1) is 12.3 Å². The Morgan fingerprint density at radius 1 is 1.28 bits per heavy atom. The molecule has 0 amide bonds. The van der Waals surface area contributed by atoms with E-state index in [9.17, 15) is 32.9 Å². The Morgan fingerprint density at radius 3 is 2.38 bits per heavy atom. The number of anilines is 1. The van der Waals surface area contributed by atoms with E-state index in [4.69, 9.17) is 25.2 Å². The summed E-state index contributed by atoms with van der Waals surface area (Å²) in [7, 11) is -17.2. The monoisotopic (exact) mass is 532 g/mol. The first-order valence-electron chi connectivity index (χ1n) is 8.03. The Labute approximate surface area is 176 Å². The lowest BCUT2D eigenvalue weighted by molar-refractivity contribution is -0.0917. The normalized spacial score (nSPS) is 31.1. The summed E-state index contributed by atoms with van der Waals surface area (Å²) in [5.74, 6) is -0.368. The molecule has 2 heterocycles. The van der Waals surface area contributed by atoms with E-state index < -0.39 is 66.0 Å². The molecule has 17 nitrogen and oxygen atoms in total. The number of rotatable bonds is 9. The fraction of sp³-hybridized carbons (Fsp3) is 0.700. The summed E-state index contributed by atoms with van der Waals surface area (Å²) in [6, 6.07) is 0. The molecular weight excluding hydrogens is 515 g/mol. The molecule has 0 radical (unpaired) electrons. The Kier molecular flexibility index (Phi) is 7.79. The van der Waals surface area contributed by atoms with Crippen LogP contribution in [0.2, 0.25) is 0 Å². The minimum Gasteiger partial charge on any atom is -0.387 e. The van der Waals surface area contributed by atoms with Crippen molar-refractivity contribution in [3.8, 4) is 0 Å². The van der Waals surface area contributed by atoms with Gasteiger partial charge in [0.25, 0.3) is 0 Å². The largest absolute Gasteiger partial charge is 0.490 e. The van der Waals surface area contributed by atoms with Gasteiger partial charge in [-0.05, 0) is 6.92 Å². The van der Waals surface area contributed by atoms with Gasteiger partial charge >= 0.3 is 29.2 Å². The van der Waals surface area contributed by atoms with Gasteiger partial charge in [0.1, 0.15) is 24.7 Å². The number of aromatic nitrogens is 3. The van der Waals surface area contributed by atoms with Crippen molar-refractivity contribution in [1.82, 2.24) is 14.8 Å². The Hall–Kier alpha value is -1.20. The van der Waals surface area contributed by atoms with Crippen LogP contribution in [-0.4, -0.2) is 70.1 Å². The smallest absolute Gasteiger partial charge is 0.387 e. The topological polar surface area (TPSA) is 263 Å². The number of nitrogens with zero attached hydrogens (tertiary/aromatic N) is 3. The summed E-state index contributed by atoms with van der Waals surface area (Å²) < 4.78 is 79.3. The Morgan fingerprint density at radius 2 is 1.88 bits per heavy atom. The van der Waals surface area contributed by atoms with Gasteiger partial charge in [0.15, 0.2) is 6.23 Å². The third kappa shape index (κ3) is 6.22. The van der Waals surface area contributed by atoms with E-state index in [-0.39, 0.29) is 10.5 Å². The molecule has 7 atom stereocenters. The maximum absolute atomic E-state index is 15.1. The van der Waals surface area contributed by atoms with Gasteiger partial charge < -0.3 is 35.2 Å². The zero-order chi connectivity index (χ0) is 24.7. The third-order valence-corrected chi connectivity index (χ3v) is 7.77. The number of aliphatic hydroxyl groups excluding tert-OH is 1. The van der Waals surface area contributed by atoms with E-state index >= 15 is 4.39 Å². The summed E-state index contributed by atoms with van der Waals surface area (Å²) in [5, 5.41) is 13.6. The van der Waals surface area contributed by atoms with E-state index in [1.807, 2.05) is 0 Å². The summed E-state index contributed by atoms with van der Waals surface area (Å²) >= 11 is 0. The van der Waals surface area contributed by atoms with Crippen LogP contribution in [-0.2, 0) is 31.6 Å². The zero-order valence-electron chi connectivity index (χ0n) is 15.6. The molecule has 2 rings (SSSR count). The molecule has 1 aromatic rings. The van der Waals surface area contributed by atoms with Crippen molar-refractivity contribution in [3.05, 3.63) is 16.7 Å². The second-order valence-corrected chi connectivity index (χ2v) is 10.6. The molecule has 0 spiro atoms. The molecule has 7 N–H and O–H groups in total. The van der Waals surface area contributed by atoms with E-state index in [2.05, 4.69) is 23.2 Å². The van der Waals surface area contributed by atoms with Crippen molar-refractivity contribution < 1.29 is 65.0 Å². The van der Waals surface area contributed by atoms with E-state index in [0.29, 0.717) is 0 Å². The first-order valence-corrected chi connectivity index (χ1v) is 12.5. The lowest BCUT2D eigenvalue weighted by Gasteiger charge is -2.26. The van der Waals surface area contributed by atoms with Crippen LogP contribution in [0.1, 0.15) is 13.2 Å². The predicted molar refractivity (Wildman–Crippen MR) is 94.8 cm³/mol. The molecule has 0 bridgehead atoms. The average Bonchev–Trinajstić information content (AvgIpc) is 2.84. The fourth-order valence-electron chi connectivity index (χ4n) is 2.62. The van der Waals surface area contributed by atoms with E-state index in [1.165, 1.54) is 0 Å². The number of phosphoric ester groups is 1. The van der Waals surface area contributed by atoms with Crippen LogP contribution in [0.3, 0.4) is 0 Å². The minimum absolute atomic E-state index is 0.205. The first-order chi connectivity index (χ1) is 14.4. The number of halogens is 2. The quantitative estimate of drug-likeness (QED) is 0.206. The Bertz CT molecular complexity index is 1050. The highest BCUT2D eigenvalue weighted by molar-refractivity contribution is 7.66. The Balaban J connectivity index is 2.25. The second kappa shape index (κ2) is 9.21. The minimum atomic E-state index is -5.86.